The van der Waals surface area contributed by atoms with Gasteiger partial charge in [0.05, 0.1) is 6.20 Å². The van der Waals surface area contributed by atoms with Crippen molar-refractivity contribution in [2.45, 2.75) is 45.7 Å². The van der Waals surface area contributed by atoms with Gasteiger partial charge in [0, 0.05) is 12.6 Å². The number of carboxylic acid groups (broad SMARTS) is 1. The molecule has 0 radical (unpaired) electrons. The molecule has 1 saturated carbocycles. The Balaban J connectivity index is 2.03. The maximum atomic E-state index is 12.4. The molecule has 1 aliphatic carbocycles. The highest BCUT2D eigenvalue weighted by Crippen LogP contribution is 2.28. The van der Waals surface area contributed by atoms with Gasteiger partial charge in [-0.2, -0.15) is 0 Å². The maximum absolute atomic E-state index is 12.4. The first-order chi connectivity index (χ1) is 9.47. The van der Waals surface area contributed by atoms with Crippen LogP contribution in [0.4, 0.5) is 0 Å². The van der Waals surface area contributed by atoms with Crippen molar-refractivity contribution >= 4 is 11.9 Å². The van der Waals surface area contributed by atoms with Crippen molar-refractivity contribution in [1.29, 1.82) is 0 Å². The summed E-state index contributed by atoms with van der Waals surface area (Å²) in [5, 5.41) is 16.1. The molecule has 7 heteroatoms. The van der Waals surface area contributed by atoms with E-state index in [9.17, 15) is 9.59 Å². The number of hydrogen-bond donors (Lipinski definition) is 1. The third-order valence-electron chi connectivity index (χ3n) is 3.25. The molecule has 0 spiro atoms. The van der Waals surface area contributed by atoms with Crippen molar-refractivity contribution in [2.24, 2.45) is 5.92 Å². The number of carboxylic acids is 1. The molecule has 1 aliphatic rings. The summed E-state index contributed by atoms with van der Waals surface area (Å²) < 4.78 is 1.17. The highest BCUT2D eigenvalue weighted by atomic mass is 16.4. The Kier molecular flexibility index (Phi) is 4.36. The molecule has 1 aromatic rings. The second kappa shape index (κ2) is 6.02. The number of carbonyl (C=O) groups excluding carboxylic acids is 1. The molecule has 1 amide bonds. The van der Waals surface area contributed by atoms with Crippen LogP contribution in [0, 0.1) is 5.92 Å². The van der Waals surface area contributed by atoms with Crippen LogP contribution in [-0.2, 0) is 11.3 Å². The fourth-order valence-corrected chi connectivity index (χ4v) is 1.99. The molecule has 1 N–H and O–H groups in total. The Morgan fingerprint density at radius 2 is 2.20 bits per heavy atom. The highest BCUT2D eigenvalue weighted by Gasteiger charge is 2.33. The molecule has 7 nitrogen and oxygen atoms in total. The fourth-order valence-electron chi connectivity index (χ4n) is 1.99. The average Bonchev–Trinajstić information content (AvgIpc) is 3.08. The summed E-state index contributed by atoms with van der Waals surface area (Å²) in [6.07, 6.45) is 4.42. The average molecular weight is 280 g/mol. The topological polar surface area (TPSA) is 88.3 Å². The SMILES string of the molecule is CC(C)CCN(C(=O)c1cn(CC(=O)O)nn1)C1CC1. The van der Waals surface area contributed by atoms with Crippen molar-refractivity contribution < 1.29 is 14.7 Å². The van der Waals surface area contributed by atoms with E-state index < -0.39 is 5.97 Å². The van der Waals surface area contributed by atoms with E-state index in [2.05, 4.69) is 24.2 Å². The molecule has 1 heterocycles. The summed E-state index contributed by atoms with van der Waals surface area (Å²) in [5.41, 5.74) is 0.224. The lowest BCUT2D eigenvalue weighted by Gasteiger charge is -2.22. The van der Waals surface area contributed by atoms with E-state index in [0.717, 1.165) is 19.3 Å². The van der Waals surface area contributed by atoms with Crippen molar-refractivity contribution in [3.63, 3.8) is 0 Å². The second-order valence-electron chi connectivity index (χ2n) is 5.61. The maximum Gasteiger partial charge on any atom is 0.325 e. The Labute approximate surface area is 117 Å². The van der Waals surface area contributed by atoms with E-state index in [-0.39, 0.29) is 18.1 Å². The molecule has 2 rings (SSSR count). The van der Waals surface area contributed by atoms with Crippen LogP contribution in [0.5, 0.6) is 0 Å². The van der Waals surface area contributed by atoms with E-state index in [1.54, 1.807) is 0 Å². The van der Waals surface area contributed by atoms with Gasteiger partial charge in [-0.25, -0.2) is 4.68 Å². The molecular formula is C13H20N4O3. The second-order valence-corrected chi connectivity index (χ2v) is 5.61. The van der Waals surface area contributed by atoms with Gasteiger partial charge in [0.25, 0.3) is 5.91 Å². The highest BCUT2D eigenvalue weighted by molar-refractivity contribution is 5.92. The van der Waals surface area contributed by atoms with Crippen LogP contribution in [-0.4, -0.2) is 49.5 Å². The van der Waals surface area contributed by atoms with Crippen LogP contribution in [0.3, 0.4) is 0 Å². The lowest BCUT2D eigenvalue weighted by Crippen LogP contribution is -2.34. The number of carbonyl (C=O) groups is 2. The van der Waals surface area contributed by atoms with Crippen molar-refractivity contribution in [3.05, 3.63) is 11.9 Å². The number of amides is 1. The first kappa shape index (κ1) is 14.5. The van der Waals surface area contributed by atoms with Gasteiger partial charge in [0.1, 0.15) is 6.54 Å². The predicted octanol–water partition coefficient (Wildman–Crippen LogP) is 1.01. The van der Waals surface area contributed by atoms with Gasteiger partial charge in [-0.05, 0) is 25.2 Å². The van der Waals surface area contributed by atoms with Crippen LogP contribution >= 0.6 is 0 Å². The van der Waals surface area contributed by atoms with Crippen LogP contribution < -0.4 is 0 Å². The van der Waals surface area contributed by atoms with Gasteiger partial charge >= 0.3 is 5.97 Å². The zero-order valence-electron chi connectivity index (χ0n) is 11.8. The Morgan fingerprint density at radius 1 is 1.50 bits per heavy atom. The molecule has 1 fully saturated rings. The standard InChI is InChI=1S/C13H20N4O3/c1-9(2)5-6-17(10-3-4-10)13(20)11-7-16(15-14-11)8-12(18)19/h7,9-10H,3-6,8H2,1-2H3,(H,18,19). The van der Waals surface area contributed by atoms with Crippen LogP contribution in [0.15, 0.2) is 6.20 Å². The normalized spacial score (nSPS) is 14.6. The molecule has 20 heavy (non-hydrogen) atoms. The zero-order chi connectivity index (χ0) is 14.7. The van der Waals surface area contributed by atoms with Crippen molar-refractivity contribution in [2.75, 3.05) is 6.54 Å². The Morgan fingerprint density at radius 3 is 2.75 bits per heavy atom. The molecule has 0 saturated heterocycles. The minimum atomic E-state index is -1.01. The number of rotatable bonds is 7. The summed E-state index contributed by atoms with van der Waals surface area (Å²) >= 11 is 0. The van der Waals surface area contributed by atoms with Gasteiger partial charge in [-0.15, -0.1) is 5.10 Å². The number of hydrogen-bond acceptors (Lipinski definition) is 4. The van der Waals surface area contributed by atoms with E-state index in [1.807, 2.05) is 4.90 Å². The van der Waals surface area contributed by atoms with Gasteiger partial charge < -0.3 is 10.0 Å². The fraction of sp³-hybridized carbons (Fsp3) is 0.692. The molecular weight excluding hydrogens is 260 g/mol. The van der Waals surface area contributed by atoms with Gasteiger partial charge in [-0.1, -0.05) is 19.1 Å². The molecule has 0 atom stereocenters. The molecule has 0 bridgehead atoms. The van der Waals surface area contributed by atoms with Crippen molar-refractivity contribution in [1.82, 2.24) is 19.9 Å². The Bertz CT molecular complexity index is 494. The number of aromatic nitrogens is 3. The van der Waals surface area contributed by atoms with Crippen LogP contribution in [0.2, 0.25) is 0 Å². The largest absolute Gasteiger partial charge is 0.480 e. The Hall–Kier alpha value is -1.92. The first-order valence-corrected chi connectivity index (χ1v) is 6.90. The number of nitrogens with zero attached hydrogens (tertiary/aromatic N) is 4. The summed E-state index contributed by atoms with van der Waals surface area (Å²) in [4.78, 5) is 24.8. The van der Waals surface area contributed by atoms with E-state index in [0.29, 0.717) is 18.5 Å². The summed E-state index contributed by atoms with van der Waals surface area (Å²) in [6.45, 7) is 4.68. The molecule has 0 aliphatic heterocycles. The van der Waals surface area contributed by atoms with Gasteiger partial charge in [0.2, 0.25) is 0 Å². The summed E-state index contributed by atoms with van der Waals surface area (Å²) in [6, 6.07) is 0.311. The zero-order valence-corrected chi connectivity index (χ0v) is 11.8. The van der Waals surface area contributed by atoms with Crippen LogP contribution in [0.25, 0.3) is 0 Å². The van der Waals surface area contributed by atoms with E-state index >= 15 is 0 Å². The van der Waals surface area contributed by atoms with Crippen molar-refractivity contribution in [3.8, 4) is 0 Å². The first-order valence-electron chi connectivity index (χ1n) is 6.90. The quantitative estimate of drug-likeness (QED) is 0.805. The summed E-state index contributed by atoms with van der Waals surface area (Å²) in [7, 11) is 0. The lowest BCUT2D eigenvalue weighted by molar-refractivity contribution is -0.137. The van der Waals surface area contributed by atoms with Gasteiger partial charge in [-0.3, -0.25) is 9.59 Å². The third kappa shape index (κ3) is 3.79. The summed E-state index contributed by atoms with van der Waals surface area (Å²) in [5.74, 6) is -0.621. The van der Waals surface area contributed by atoms with E-state index in [4.69, 9.17) is 5.11 Å². The predicted molar refractivity (Wildman–Crippen MR) is 71.2 cm³/mol. The van der Waals surface area contributed by atoms with Crippen LogP contribution in [0.1, 0.15) is 43.6 Å². The number of aliphatic carboxylic acids is 1. The minimum absolute atomic E-state index is 0.148. The molecule has 1 aromatic heterocycles. The van der Waals surface area contributed by atoms with Gasteiger partial charge in [0.15, 0.2) is 5.69 Å². The molecule has 110 valence electrons. The molecule has 0 unspecified atom stereocenters. The minimum Gasteiger partial charge on any atom is -0.480 e. The lowest BCUT2D eigenvalue weighted by atomic mass is 10.1. The molecule has 0 aromatic carbocycles. The third-order valence-corrected chi connectivity index (χ3v) is 3.25. The monoisotopic (exact) mass is 280 g/mol. The van der Waals surface area contributed by atoms with E-state index in [1.165, 1.54) is 10.9 Å². The smallest absolute Gasteiger partial charge is 0.325 e.